The third-order valence-electron chi connectivity index (χ3n) is 5.25. The SMILES string of the molecule is Cc1ccc(CCNC(=O)c2ccc(-n3nc(OCc4cccc(F)c4)ccc3=O)cc2)cc1. The first-order valence-corrected chi connectivity index (χ1v) is 10.9. The predicted octanol–water partition coefficient (Wildman–Crippen LogP) is 4.23. The number of aromatic nitrogens is 2. The molecule has 0 spiro atoms. The van der Waals surface area contributed by atoms with Gasteiger partial charge in [0, 0.05) is 24.2 Å². The lowest BCUT2D eigenvalue weighted by Crippen LogP contribution is -2.26. The van der Waals surface area contributed by atoms with Crippen LogP contribution in [0.25, 0.3) is 5.69 Å². The van der Waals surface area contributed by atoms with Gasteiger partial charge in [0.1, 0.15) is 12.4 Å². The van der Waals surface area contributed by atoms with Crippen molar-refractivity contribution >= 4 is 5.91 Å². The summed E-state index contributed by atoms with van der Waals surface area (Å²) in [5.74, 6) is -0.314. The molecule has 1 aromatic heterocycles. The Morgan fingerprint density at radius 2 is 1.74 bits per heavy atom. The van der Waals surface area contributed by atoms with Gasteiger partial charge in [0.25, 0.3) is 11.5 Å². The quantitative estimate of drug-likeness (QED) is 0.430. The summed E-state index contributed by atoms with van der Waals surface area (Å²) in [6.45, 7) is 2.68. The lowest BCUT2D eigenvalue weighted by molar-refractivity contribution is 0.0954. The van der Waals surface area contributed by atoms with Crippen molar-refractivity contribution in [1.29, 1.82) is 0 Å². The number of hydrogen-bond acceptors (Lipinski definition) is 4. The highest BCUT2D eigenvalue weighted by atomic mass is 19.1. The second-order valence-corrected chi connectivity index (χ2v) is 7.88. The minimum absolute atomic E-state index is 0.116. The zero-order valence-corrected chi connectivity index (χ0v) is 18.7. The smallest absolute Gasteiger partial charge is 0.271 e. The third kappa shape index (κ3) is 5.95. The molecule has 4 rings (SSSR count). The lowest BCUT2D eigenvalue weighted by atomic mass is 10.1. The van der Waals surface area contributed by atoms with Gasteiger partial charge in [0.2, 0.25) is 5.88 Å². The summed E-state index contributed by atoms with van der Waals surface area (Å²) in [6, 6.07) is 23.7. The van der Waals surface area contributed by atoms with Crippen LogP contribution in [0.4, 0.5) is 4.39 Å². The molecule has 4 aromatic rings. The molecule has 172 valence electrons. The van der Waals surface area contributed by atoms with E-state index in [0.717, 1.165) is 12.0 Å². The molecule has 34 heavy (non-hydrogen) atoms. The molecular weight excluding hydrogens is 433 g/mol. The summed E-state index contributed by atoms with van der Waals surface area (Å²) < 4.78 is 20.1. The molecule has 0 aliphatic heterocycles. The highest BCUT2D eigenvalue weighted by Gasteiger charge is 2.09. The van der Waals surface area contributed by atoms with Gasteiger partial charge in [-0.3, -0.25) is 9.59 Å². The molecule has 0 unspecified atom stereocenters. The number of benzene rings is 3. The number of ether oxygens (including phenoxy) is 1. The fraction of sp³-hybridized carbons (Fsp3) is 0.148. The fourth-order valence-corrected chi connectivity index (χ4v) is 3.37. The Bertz CT molecular complexity index is 1330. The van der Waals surface area contributed by atoms with E-state index in [1.807, 2.05) is 19.1 Å². The fourth-order valence-electron chi connectivity index (χ4n) is 3.37. The minimum atomic E-state index is -0.349. The van der Waals surface area contributed by atoms with Crippen molar-refractivity contribution in [3.05, 3.63) is 123 Å². The standard InChI is InChI=1S/C27H24FN3O3/c1-19-5-7-20(8-6-19)15-16-29-27(33)22-9-11-24(12-10-22)31-26(32)14-13-25(30-31)34-18-21-3-2-4-23(28)17-21/h2-14,17H,15-16,18H2,1H3,(H,29,33). The second kappa shape index (κ2) is 10.6. The van der Waals surface area contributed by atoms with Gasteiger partial charge >= 0.3 is 0 Å². The van der Waals surface area contributed by atoms with Gasteiger partial charge in [-0.25, -0.2) is 4.39 Å². The van der Waals surface area contributed by atoms with Crippen LogP contribution >= 0.6 is 0 Å². The van der Waals surface area contributed by atoms with Crippen LogP contribution in [0.5, 0.6) is 5.88 Å². The monoisotopic (exact) mass is 457 g/mol. The molecule has 7 heteroatoms. The molecule has 0 saturated carbocycles. The summed E-state index contributed by atoms with van der Waals surface area (Å²) in [6.07, 6.45) is 0.742. The van der Waals surface area contributed by atoms with Crippen molar-refractivity contribution in [3.63, 3.8) is 0 Å². The zero-order valence-electron chi connectivity index (χ0n) is 18.7. The zero-order chi connectivity index (χ0) is 23.9. The molecule has 0 radical (unpaired) electrons. The molecule has 0 saturated heterocycles. The van der Waals surface area contributed by atoms with E-state index >= 15 is 0 Å². The molecule has 1 amide bonds. The van der Waals surface area contributed by atoms with E-state index in [-0.39, 0.29) is 29.8 Å². The number of nitrogens with zero attached hydrogens (tertiary/aromatic N) is 2. The maximum Gasteiger partial charge on any atom is 0.271 e. The summed E-state index contributed by atoms with van der Waals surface area (Å²) in [4.78, 5) is 24.8. The number of hydrogen-bond donors (Lipinski definition) is 1. The van der Waals surface area contributed by atoms with Crippen LogP contribution in [-0.2, 0) is 13.0 Å². The summed E-state index contributed by atoms with van der Waals surface area (Å²) >= 11 is 0. The number of halogens is 1. The highest BCUT2D eigenvalue weighted by molar-refractivity contribution is 5.94. The van der Waals surface area contributed by atoms with E-state index in [0.29, 0.717) is 23.4 Å². The molecule has 0 aliphatic carbocycles. The van der Waals surface area contributed by atoms with Gasteiger partial charge in [0.15, 0.2) is 0 Å². The van der Waals surface area contributed by atoms with Gasteiger partial charge < -0.3 is 10.1 Å². The molecule has 0 atom stereocenters. The van der Waals surface area contributed by atoms with E-state index in [1.54, 1.807) is 36.4 Å². The van der Waals surface area contributed by atoms with E-state index in [9.17, 15) is 14.0 Å². The van der Waals surface area contributed by atoms with Crippen LogP contribution in [0.1, 0.15) is 27.0 Å². The van der Waals surface area contributed by atoms with Crippen LogP contribution in [0, 0.1) is 12.7 Å². The van der Waals surface area contributed by atoms with E-state index in [1.165, 1.54) is 34.5 Å². The normalized spacial score (nSPS) is 10.6. The van der Waals surface area contributed by atoms with Crippen LogP contribution in [-0.4, -0.2) is 22.2 Å². The van der Waals surface area contributed by atoms with Crippen molar-refractivity contribution in [2.45, 2.75) is 20.0 Å². The van der Waals surface area contributed by atoms with Crippen molar-refractivity contribution in [3.8, 4) is 11.6 Å². The topological polar surface area (TPSA) is 73.2 Å². The Hall–Kier alpha value is -4.26. The number of carbonyl (C=O) groups excluding carboxylic acids is 1. The largest absolute Gasteiger partial charge is 0.472 e. The minimum Gasteiger partial charge on any atom is -0.472 e. The summed E-state index contributed by atoms with van der Waals surface area (Å²) in [7, 11) is 0. The Morgan fingerprint density at radius 1 is 0.971 bits per heavy atom. The van der Waals surface area contributed by atoms with Crippen molar-refractivity contribution < 1.29 is 13.9 Å². The lowest BCUT2D eigenvalue weighted by Gasteiger charge is -2.10. The van der Waals surface area contributed by atoms with Gasteiger partial charge in [-0.1, -0.05) is 42.0 Å². The van der Waals surface area contributed by atoms with E-state index in [2.05, 4.69) is 22.5 Å². The first-order chi connectivity index (χ1) is 16.5. The number of carbonyl (C=O) groups is 1. The maximum atomic E-state index is 13.3. The average molecular weight is 458 g/mol. The predicted molar refractivity (Wildman–Crippen MR) is 128 cm³/mol. The van der Waals surface area contributed by atoms with Crippen LogP contribution < -0.4 is 15.6 Å². The molecule has 1 N–H and O–H groups in total. The van der Waals surface area contributed by atoms with Gasteiger partial charge in [0.05, 0.1) is 5.69 Å². The summed E-state index contributed by atoms with van der Waals surface area (Å²) in [5.41, 5.74) is 3.65. The molecule has 0 bridgehead atoms. The Labute approximate surface area is 196 Å². The maximum absolute atomic E-state index is 13.3. The molecular formula is C27H24FN3O3. The number of aryl methyl sites for hydroxylation is 1. The number of nitrogens with one attached hydrogen (secondary N) is 1. The van der Waals surface area contributed by atoms with Crippen molar-refractivity contribution in [2.75, 3.05) is 6.54 Å². The Kier molecular flexibility index (Phi) is 7.13. The molecule has 3 aromatic carbocycles. The second-order valence-electron chi connectivity index (χ2n) is 7.88. The average Bonchev–Trinajstić information content (AvgIpc) is 2.85. The molecule has 6 nitrogen and oxygen atoms in total. The first-order valence-electron chi connectivity index (χ1n) is 10.9. The number of amides is 1. The third-order valence-corrected chi connectivity index (χ3v) is 5.25. The van der Waals surface area contributed by atoms with Gasteiger partial charge in [-0.2, -0.15) is 4.68 Å². The molecule has 0 fully saturated rings. The number of rotatable bonds is 8. The van der Waals surface area contributed by atoms with Gasteiger partial charge in [-0.15, -0.1) is 5.10 Å². The van der Waals surface area contributed by atoms with Crippen molar-refractivity contribution in [1.82, 2.24) is 15.1 Å². The van der Waals surface area contributed by atoms with Crippen LogP contribution in [0.15, 0.2) is 89.7 Å². The molecule has 1 heterocycles. The highest BCUT2D eigenvalue weighted by Crippen LogP contribution is 2.12. The Morgan fingerprint density at radius 3 is 2.47 bits per heavy atom. The van der Waals surface area contributed by atoms with Crippen LogP contribution in [0.3, 0.4) is 0 Å². The Balaban J connectivity index is 1.38. The van der Waals surface area contributed by atoms with Crippen LogP contribution in [0.2, 0.25) is 0 Å². The van der Waals surface area contributed by atoms with Crippen molar-refractivity contribution in [2.24, 2.45) is 0 Å². The van der Waals surface area contributed by atoms with Gasteiger partial charge in [-0.05, 0) is 60.9 Å². The van der Waals surface area contributed by atoms with E-state index in [4.69, 9.17) is 4.74 Å². The van der Waals surface area contributed by atoms with E-state index < -0.39 is 0 Å². The summed E-state index contributed by atoms with van der Waals surface area (Å²) in [5, 5.41) is 7.14. The molecule has 0 aliphatic rings. The first kappa shape index (κ1) is 22.9.